The predicted octanol–water partition coefficient (Wildman–Crippen LogP) is 3.66. The summed E-state index contributed by atoms with van der Waals surface area (Å²) >= 11 is 5.19. The van der Waals surface area contributed by atoms with Crippen molar-refractivity contribution in [2.75, 3.05) is 7.11 Å². The molecular formula is C12H16BrNO2S. The lowest BCUT2D eigenvalue weighted by molar-refractivity contribution is -0.147. The van der Waals surface area contributed by atoms with Crippen LogP contribution in [0, 0.1) is 12.8 Å². The van der Waals surface area contributed by atoms with Crippen LogP contribution in [0.4, 0.5) is 0 Å². The van der Waals surface area contributed by atoms with E-state index in [2.05, 4.69) is 20.9 Å². The van der Waals surface area contributed by atoms with Gasteiger partial charge < -0.3 is 4.74 Å². The lowest BCUT2D eigenvalue weighted by Crippen LogP contribution is -2.27. The SMILES string of the molecule is COC(=O)[C@H]1CCCC[C@H]1c1nc(C)sc1Br. The molecule has 1 fully saturated rings. The van der Waals surface area contributed by atoms with Gasteiger partial charge in [-0.1, -0.05) is 12.8 Å². The molecular weight excluding hydrogens is 302 g/mol. The monoisotopic (exact) mass is 317 g/mol. The zero-order valence-electron chi connectivity index (χ0n) is 10.0. The van der Waals surface area contributed by atoms with Crippen molar-refractivity contribution in [1.29, 1.82) is 0 Å². The first-order valence-electron chi connectivity index (χ1n) is 5.84. The predicted molar refractivity (Wildman–Crippen MR) is 71.3 cm³/mol. The molecule has 0 amide bonds. The Hall–Kier alpha value is -0.420. The summed E-state index contributed by atoms with van der Waals surface area (Å²) in [6.45, 7) is 1.99. The number of ether oxygens (including phenoxy) is 1. The number of aryl methyl sites for hydroxylation is 1. The smallest absolute Gasteiger partial charge is 0.309 e. The van der Waals surface area contributed by atoms with Crippen LogP contribution in [0.3, 0.4) is 0 Å². The Morgan fingerprint density at radius 2 is 2.18 bits per heavy atom. The zero-order valence-corrected chi connectivity index (χ0v) is 12.4. The lowest BCUT2D eigenvalue weighted by Gasteiger charge is -2.28. The Kier molecular flexibility index (Phi) is 4.20. The molecule has 0 aromatic carbocycles. The fourth-order valence-electron chi connectivity index (χ4n) is 2.54. The van der Waals surface area contributed by atoms with Crippen molar-refractivity contribution in [3.63, 3.8) is 0 Å². The molecule has 1 aromatic heterocycles. The van der Waals surface area contributed by atoms with Crippen LogP contribution in [0.2, 0.25) is 0 Å². The summed E-state index contributed by atoms with van der Waals surface area (Å²) in [6.07, 6.45) is 4.22. The fraction of sp³-hybridized carbons (Fsp3) is 0.667. The van der Waals surface area contributed by atoms with Gasteiger partial charge in [-0.3, -0.25) is 4.79 Å². The average Bonchev–Trinajstić information content (AvgIpc) is 2.67. The van der Waals surface area contributed by atoms with Gasteiger partial charge in [-0.15, -0.1) is 11.3 Å². The maximum atomic E-state index is 11.8. The number of hydrogen-bond donors (Lipinski definition) is 0. The summed E-state index contributed by atoms with van der Waals surface area (Å²) in [5, 5.41) is 1.04. The Morgan fingerprint density at radius 1 is 1.47 bits per heavy atom. The Labute approximate surface area is 114 Å². The van der Waals surface area contributed by atoms with E-state index < -0.39 is 0 Å². The van der Waals surface area contributed by atoms with Gasteiger partial charge in [-0.2, -0.15) is 0 Å². The van der Waals surface area contributed by atoms with E-state index in [1.807, 2.05) is 6.92 Å². The van der Waals surface area contributed by atoms with E-state index in [-0.39, 0.29) is 17.8 Å². The topological polar surface area (TPSA) is 39.2 Å². The first-order chi connectivity index (χ1) is 8.13. The molecule has 1 aliphatic carbocycles. The fourth-order valence-corrected chi connectivity index (χ4v) is 4.33. The summed E-state index contributed by atoms with van der Waals surface area (Å²) < 4.78 is 5.98. The van der Waals surface area contributed by atoms with Crippen LogP contribution in [0.15, 0.2) is 3.79 Å². The molecule has 0 saturated heterocycles. The van der Waals surface area contributed by atoms with E-state index in [9.17, 15) is 4.79 Å². The molecule has 1 saturated carbocycles. The maximum Gasteiger partial charge on any atom is 0.309 e. The summed E-state index contributed by atoms with van der Waals surface area (Å²) in [4.78, 5) is 16.4. The third-order valence-corrected chi connectivity index (χ3v) is 5.00. The molecule has 0 bridgehead atoms. The molecule has 1 aliphatic rings. The van der Waals surface area contributed by atoms with Crippen molar-refractivity contribution in [2.45, 2.75) is 38.5 Å². The van der Waals surface area contributed by atoms with E-state index >= 15 is 0 Å². The standard InChI is InChI=1S/C12H16BrNO2S/c1-7-14-10(11(13)17-7)8-5-3-4-6-9(8)12(15)16-2/h8-9H,3-6H2,1-2H3/t8-,9+/m1/s1. The van der Waals surface area contributed by atoms with Crippen molar-refractivity contribution < 1.29 is 9.53 Å². The normalized spacial score (nSPS) is 24.6. The van der Waals surface area contributed by atoms with Crippen LogP contribution in [-0.4, -0.2) is 18.1 Å². The number of aromatic nitrogens is 1. The number of nitrogens with zero attached hydrogens (tertiary/aromatic N) is 1. The van der Waals surface area contributed by atoms with E-state index in [4.69, 9.17) is 4.74 Å². The van der Waals surface area contributed by atoms with Crippen LogP contribution in [0.1, 0.15) is 42.3 Å². The maximum absolute atomic E-state index is 11.8. The molecule has 2 atom stereocenters. The quantitative estimate of drug-likeness (QED) is 0.781. The van der Waals surface area contributed by atoms with E-state index in [0.29, 0.717) is 0 Å². The summed E-state index contributed by atoms with van der Waals surface area (Å²) in [6, 6.07) is 0. The number of esters is 1. The molecule has 0 N–H and O–H groups in total. The van der Waals surface area contributed by atoms with Gasteiger partial charge in [0.15, 0.2) is 0 Å². The highest BCUT2D eigenvalue weighted by atomic mass is 79.9. The third-order valence-electron chi connectivity index (χ3n) is 3.34. The van der Waals surface area contributed by atoms with Crippen molar-refractivity contribution >= 4 is 33.2 Å². The highest BCUT2D eigenvalue weighted by Gasteiger charge is 2.35. The molecule has 3 nitrogen and oxygen atoms in total. The van der Waals surface area contributed by atoms with E-state index in [1.165, 1.54) is 13.5 Å². The summed E-state index contributed by atoms with van der Waals surface area (Å²) in [7, 11) is 1.47. The van der Waals surface area contributed by atoms with Gasteiger partial charge in [0.1, 0.15) is 0 Å². The van der Waals surface area contributed by atoms with Gasteiger partial charge >= 0.3 is 5.97 Å². The van der Waals surface area contributed by atoms with Crippen molar-refractivity contribution in [3.05, 3.63) is 14.5 Å². The number of thiazole rings is 1. The van der Waals surface area contributed by atoms with Crippen molar-refractivity contribution in [2.24, 2.45) is 5.92 Å². The first-order valence-corrected chi connectivity index (χ1v) is 7.45. The van der Waals surface area contributed by atoms with Gasteiger partial charge in [-0.25, -0.2) is 4.98 Å². The number of rotatable bonds is 2. The second-order valence-corrected chi connectivity index (χ2v) is 6.93. The number of methoxy groups -OCH3 is 1. The molecule has 2 rings (SSSR count). The average molecular weight is 318 g/mol. The van der Waals surface area contributed by atoms with Gasteiger partial charge in [0.25, 0.3) is 0 Å². The lowest BCUT2D eigenvalue weighted by atomic mass is 9.78. The third kappa shape index (κ3) is 2.71. The zero-order chi connectivity index (χ0) is 12.4. The Balaban J connectivity index is 2.27. The van der Waals surface area contributed by atoms with Crippen LogP contribution < -0.4 is 0 Å². The molecule has 94 valence electrons. The number of carbonyl (C=O) groups is 1. The minimum atomic E-state index is -0.0905. The first kappa shape index (κ1) is 13.0. The Bertz CT molecular complexity index is 419. The molecule has 5 heteroatoms. The highest BCUT2D eigenvalue weighted by Crippen LogP contribution is 2.42. The van der Waals surface area contributed by atoms with Crippen molar-refractivity contribution in [1.82, 2.24) is 4.98 Å². The largest absolute Gasteiger partial charge is 0.469 e. The van der Waals surface area contributed by atoms with E-state index in [0.717, 1.165) is 33.8 Å². The molecule has 0 radical (unpaired) electrons. The van der Waals surface area contributed by atoms with Gasteiger partial charge in [-0.05, 0) is 35.7 Å². The Morgan fingerprint density at radius 3 is 2.76 bits per heavy atom. The number of halogens is 1. The van der Waals surface area contributed by atoms with Gasteiger partial charge in [0, 0.05) is 5.92 Å². The summed E-state index contributed by atoms with van der Waals surface area (Å²) in [5.41, 5.74) is 1.04. The summed E-state index contributed by atoms with van der Waals surface area (Å²) in [5.74, 6) is 0.106. The van der Waals surface area contributed by atoms with Crippen LogP contribution >= 0.6 is 27.3 Å². The minimum absolute atomic E-state index is 0.0217. The molecule has 0 unspecified atom stereocenters. The van der Waals surface area contributed by atoms with Crippen LogP contribution in [0.25, 0.3) is 0 Å². The number of carbonyl (C=O) groups excluding carboxylic acids is 1. The van der Waals surface area contributed by atoms with Gasteiger partial charge in [0.05, 0.1) is 27.5 Å². The molecule has 1 aromatic rings. The molecule has 0 aliphatic heterocycles. The second kappa shape index (κ2) is 5.48. The highest BCUT2D eigenvalue weighted by molar-refractivity contribution is 9.11. The van der Waals surface area contributed by atoms with Gasteiger partial charge in [0.2, 0.25) is 0 Å². The van der Waals surface area contributed by atoms with Crippen LogP contribution in [0.5, 0.6) is 0 Å². The van der Waals surface area contributed by atoms with E-state index in [1.54, 1.807) is 11.3 Å². The van der Waals surface area contributed by atoms with Crippen LogP contribution in [-0.2, 0) is 9.53 Å². The van der Waals surface area contributed by atoms with Crippen molar-refractivity contribution in [3.8, 4) is 0 Å². The number of hydrogen-bond acceptors (Lipinski definition) is 4. The molecule has 0 spiro atoms. The minimum Gasteiger partial charge on any atom is -0.469 e. The molecule has 1 heterocycles. The second-order valence-electron chi connectivity index (χ2n) is 4.41. The molecule has 17 heavy (non-hydrogen) atoms.